The maximum Gasteiger partial charge on any atom is 0.512 e. The number of halogens is 1. The third-order valence-electron chi connectivity index (χ3n) is 3.29. The van der Waals surface area contributed by atoms with E-state index >= 15 is 0 Å². The van der Waals surface area contributed by atoms with E-state index in [4.69, 9.17) is 9.84 Å². The van der Waals surface area contributed by atoms with Crippen molar-refractivity contribution in [1.29, 1.82) is 0 Å². The summed E-state index contributed by atoms with van der Waals surface area (Å²) in [6.45, 7) is 0. The van der Waals surface area contributed by atoms with Gasteiger partial charge < -0.3 is 9.84 Å². The van der Waals surface area contributed by atoms with E-state index in [1.165, 1.54) is 12.1 Å². The molecule has 0 saturated carbocycles. The summed E-state index contributed by atoms with van der Waals surface area (Å²) >= 11 is 4.27. The van der Waals surface area contributed by atoms with Crippen LogP contribution in [0.25, 0.3) is 10.4 Å². The highest BCUT2D eigenvalue weighted by Crippen LogP contribution is 2.41. The van der Waals surface area contributed by atoms with Crippen LogP contribution < -0.4 is 9.46 Å². The Balaban J connectivity index is 2.00. The zero-order valence-corrected chi connectivity index (χ0v) is 16.3. The average Bonchev–Trinajstić information content (AvgIpc) is 2.97. The summed E-state index contributed by atoms with van der Waals surface area (Å²) in [6.07, 6.45) is -1.52. The molecule has 0 fully saturated rings. The Hall–Kier alpha value is -2.36. The first kappa shape index (κ1) is 18.4. The normalized spacial score (nSPS) is 11.1. The van der Waals surface area contributed by atoms with Crippen LogP contribution in [0, 0.1) is 0 Å². The van der Waals surface area contributed by atoms with E-state index in [-0.39, 0.29) is 15.6 Å². The highest BCUT2D eigenvalue weighted by atomic mass is 79.9. The second-order valence-electron chi connectivity index (χ2n) is 5.11. The molecule has 0 spiro atoms. The number of carbonyl (C=O) groups is 1. The van der Waals surface area contributed by atoms with Gasteiger partial charge in [0.2, 0.25) is 5.06 Å². The van der Waals surface area contributed by atoms with Gasteiger partial charge in [0.25, 0.3) is 10.0 Å². The molecular formula is C17H12BrNO5S2. The van der Waals surface area contributed by atoms with Crippen LogP contribution in [-0.4, -0.2) is 19.7 Å². The molecule has 1 heterocycles. The minimum Gasteiger partial charge on any atom is -0.449 e. The van der Waals surface area contributed by atoms with Crippen molar-refractivity contribution in [3.63, 3.8) is 0 Å². The maximum atomic E-state index is 12.6. The Morgan fingerprint density at radius 1 is 1.08 bits per heavy atom. The lowest BCUT2D eigenvalue weighted by atomic mass is 10.2. The van der Waals surface area contributed by atoms with Crippen molar-refractivity contribution in [3.05, 3.63) is 65.1 Å². The van der Waals surface area contributed by atoms with Crippen LogP contribution in [-0.2, 0) is 10.0 Å². The number of rotatable bonds is 5. The Morgan fingerprint density at radius 3 is 2.46 bits per heavy atom. The Bertz CT molecular complexity index is 1050. The van der Waals surface area contributed by atoms with Gasteiger partial charge >= 0.3 is 6.16 Å². The summed E-state index contributed by atoms with van der Waals surface area (Å²) in [6, 6.07) is 16.9. The molecule has 3 rings (SSSR count). The molecule has 2 aromatic carbocycles. The highest BCUT2D eigenvalue weighted by Gasteiger charge is 2.21. The van der Waals surface area contributed by atoms with E-state index in [2.05, 4.69) is 20.7 Å². The van der Waals surface area contributed by atoms with Crippen LogP contribution in [0.4, 0.5) is 10.5 Å². The molecule has 0 radical (unpaired) electrons. The molecule has 0 aliphatic carbocycles. The van der Waals surface area contributed by atoms with Crippen LogP contribution >= 0.6 is 27.3 Å². The monoisotopic (exact) mass is 453 g/mol. The molecule has 0 amide bonds. The van der Waals surface area contributed by atoms with Gasteiger partial charge in [-0.3, -0.25) is 4.72 Å². The largest absolute Gasteiger partial charge is 0.512 e. The number of thiophene rings is 1. The van der Waals surface area contributed by atoms with Gasteiger partial charge in [-0.2, -0.15) is 0 Å². The maximum absolute atomic E-state index is 12.6. The lowest BCUT2D eigenvalue weighted by Crippen LogP contribution is -2.13. The molecule has 0 saturated heterocycles. The number of anilines is 1. The summed E-state index contributed by atoms with van der Waals surface area (Å²) in [4.78, 5) is 11.7. The van der Waals surface area contributed by atoms with Gasteiger partial charge in [-0.1, -0.05) is 63.7 Å². The summed E-state index contributed by atoms with van der Waals surface area (Å²) in [5.41, 5.74) is 0.886. The van der Waals surface area contributed by atoms with Crippen molar-refractivity contribution in [1.82, 2.24) is 0 Å². The standard InChI is InChI=1S/C17H12BrNO5S2/c18-12-7-4-8-13(9-12)26(22,23)19-14-10-15(11-5-2-1-3-6-11)25-16(14)24-17(20)21/h1-10,19H,(H,20,21). The molecule has 0 unspecified atom stereocenters. The number of sulfonamides is 1. The number of carboxylic acid groups (broad SMARTS) is 1. The predicted octanol–water partition coefficient (Wildman–Crippen LogP) is 5.04. The smallest absolute Gasteiger partial charge is 0.449 e. The lowest BCUT2D eigenvalue weighted by molar-refractivity contribution is 0.146. The number of nitrogens with one attached hydrogen (secondary N) is 1. The van der Waals surface area contributed by atoms with Crippen LogP contribution in [0.1, 0.15) is 0 Å². The number of hydrogen-bond donors (Lipinski definition) is 2. The van der Waals surface area contributed by atoms with Crippen molar-refractivity contribution in [2.75, 3.05) is 4.72 Å². The average molecular weight is 454 g/mol. The van der Waals surface area contributed by atoms with Gasteiger partial charge in [0, 0.05) is 9.35 Å². The van der Waals surface area contributed by atoms with E-state index in [1.54, 1.807) is 18.2 Å². The third kappa shape index (κ3) is 4.24. The van der Waals surface area contributed by atoms with Crippen LogP contribution in [0.15, 0.2) is 70.0 Å². The number of hydrogen-bond acceptors (Lipinski definition) is 5. The minimum atomic E-state index is -3.91. The van der Waals surface area contributed by atoms with E-state index in [0.717, 1.165) is 16.9 Å². The van der Waals surface area contributed by atoms with E-state index in [0.29, 0.717) is 9.35 Å². The Morgan fingerprint density at radius 2 is 1.81 bits per heavy atom. The van der Waals surface area contributed by atoms with Crippen LogP contribution in [0.3, 0.4) is 0 Å². The van der Waals surface area contributed by atoms with Gasteiger partial charge in [0.1, 0.15) is 5.69 Å². The zero-order chi connectivity index (χ0) is 18.7. The fourth-order valence-electron chi connectivity index (χ4n) is 2.18. The van der Waals surface area contributed by atoms with Gasteiger partial charge in [0.05, 0.1) is 4.90 Å². The number of benzene rings is 2. The molecule has 0 aliphatic heterocycles. The Labute approximate surface area is 162 Å². The quantitative estimate of drug-likeness (QED) is 0.528. The molecule has 0 atom stereocenters. The van der Waals surface area contributed by atoms with Gasteiger partial charge in [-0.15, -0.1) is 0 Å². The van der Waals surface area contributed by atoms with Crippen LogP contribution in [0.5, 0.6) is 5.06 Å². The van der Waals surface area contributed by atoms with Gasteiger partial charge in [-0.05, 0) is 29.8 Å². The lowest BCUT2D eigenvalue weighted by Gasteiger charge is -2.08. The third-order valence-corrected chi connectivity index (χ3v) is 6.21. The zero-order valence-electron chi connectivity index (χ0n) is 13.0. The molecular weight excluding hydrogens is 442 g/mol. The molecule has 26 heavy (non-hydrogen) atoms. The number of ether oxygens (including phenoxy) is 1. The molecule has 2 N–H and O–H groups in total. The molecule has 3 aromatic rings. The van der Waals surface area contributed by atoms with E-state index < -0.39 is 16.2 Å². The fraction of sp³-hybridized carbons (Fsp3) is 0. The highest BCUT2D eigenvalue weighted by molar-refractivity contribution is 9.10. The SMILES string of the molecule is O=C(O)Oc1sc(-c2ccccc2)cc1NS(=O)(=O)c1cccc(Br)c1. The second kappa shape index (κ2) is 7.48. The first-order valence-electron chi connectivity index (χ1n) is 7.23. The molecule has 1 aromatic heterocycles. The van der Waals surface area contributed by atoms with E-state index in [9.17, 15) is 13.2 Å². The molecule has 0 aliphatic rings. The summed E-state index contributed by atoms with van der Waals surface area (Å²) < 4.78 is 33.0. The fourth-order valence-corrected chi connectivity index (χ4v) is 4.86. The van der Waals surface area contributed by atoms with Crippen molar-refractivity contribution in [2.24, 2.45) is 0 Å². The molecule has 134 valence electrons. The molecule has 9 heteroatoms. The first-order valence-corrected chi connectivity index (χ1v) is 10.3. The second-order valence-corrected chi connectivity index (χ2v) is 8.72. The van der Waals surface area contributed by atoms with E-state index in [1.807, 2.05) is 30.3 Å². The summed E-state index contributed by atoms with van der Waals surface area (Å²) in [7, 11) is -3.91. The summed E-state index contributed by atoms with van der Waals surface area (Å²) in [5, 5.41) is 8.88. The van der Waals surface area contributed by atoms with Gasteiger partial charge in [-0.25, -0.2) is 13.2 Å². The topological polar surface area (TPSA) is 92.7 Å². The first-order chi connectivity index (χ1) is 12.3. The Kier molecular flexibility index (Phi) is 5.30. The summed E-state index contributed by atoms with van der Waals surface area (Å²) in [5.74, 6) is 0. The molecule has 6 nitrogen and oxygen atoms in total. The van der Waals surface area contributed by atoms with Crippen molar-refractivity contribution in [3.8, 4) is 15.5 Å². The van der Waals surface area contributed by atoms with Gasteiger partial charge in [0.15, 0.2) is 0 Å². The predicted molar refractivity (Wildman–Crippen MR) is 103 cm³/mol. The van der Waals surface area contributed by atoms with Crippen molar-refractivity contribution >= 4 is 49.1 Å². The molecule has 0 bridgehead atoms. The minimum absolute atomic E-state index is 0.0422. The van der Waals surface area contributed by atoms with Crippen LogP contribution in [0.2, 0.25) is 0 Å². The van der Waals surface area contributed by atoms with Crippen molar-refractivity contribution < 1.29 is 23.1 Å². The van der Waals surface area contributed by atoms with Crippen molar-refractivity contribution in [2.45, 2.75) is 4.90 Å².